The number of nitrogens with one attached hydrogen (secondary N) is 2. The number of likely N-dealkylation sites (tertiary alicyclic amines) is 1. The molecule has 176 valence electrons. The maximum Gasteiger partial charge on any atom is 0.261 e. The number of rotatable bonds is 9. The van der Waals surface area contributed by atoms with Crippen LogP contribution in [0.3, 0.4) is 0 Å². The molecule has 1 fully saturated rings. The van der Waals surface area contributed by atoms with E-state index in [1.165, 1.54) is 16.9 Å². The molecule has 0 aliphatic carbocycles. The zero-order valence-corrected chi connectivity index (χ0v) is 20.5. The summed E-state index contributed by atoms with van der Waals surface area (Å²) in [5.74, 6) is 0.762. The van der Waals surface area contributed by atoms with E-state index in [1.807, 2.05) is 13.0 Å². The van der Waals surface area contributed by atoms with Crippen LogP contribution in [-0.2, 0) is 11.3 Å². The zero-order valence-electron chi connectivity index (χ0n) is 19.6. The number of hydrogen-bond acceptors (Lipinski definition) is 7. The monoisotopic (exact) mass is 467 g/mol. The molecular weight excluding hydrogens is 434 g/mol. The van der Waals surface area contributed by atoms with Crippen LogP contribution in [0.2, 0.25) is 0 Å². The molecule has 8 heteroatoms. The van der Waals surface area contributed by atoms with Crippen molar-refractivity contribution < 1.29 is 9.53 Å². The minimum Gasteiger partial charge on any atom is -0.383 e. The number of piperidine rings is 1. The molecule has 1 saturated heterocycles. The molecule has 7 nitrogen and oxygen atoms in total. The Labute approximate surface area is 199 Å². The number of aryl methyl sites for hydroxylation is 1. The number of fused-ring (bicyclic) bond motifs is 1. The van der Waals surface area contributed by atoms with Gasteiger partial charge in [-0.3, -0.25) is 9.69 Å². The van der Waals surface area contributed by atoms with Gasteiger partial charge in [-0.1, -0.05) is 37.3 Å². The van der Waals surface area contributed by atoms with Gasteiger partial charge in [-0.05, 0) is 37.3 Å². The first-order valence-corrected chi connectivity index (χ1v) is 12.5. The molecule has 2 aromatic heterocycles. The maximum absolute atomic E-state index is 13.2. The summed E-state index contributed by atoms with van der Waals surface area (Å²) in [6.07, 6.45) is 4.40. The number of anilines is 1. The van der Waals surface area contributed by atoms with Gasteiger partial charge in [0.15, 0.2) is 0 Å². The average Bonchev–Trinajstić information content (AvgIpc) is 3.18. The van der Waals surface area contributed by atoms with E-state index in [-0.39, 0.29) is 18.0 Å². The van der Waals surface area contributed by atoms with Gasteiger partial charge in [0.2, 0.25) is 0 Å². The summed E-state index contributed by atoms with van der Waals surface area (Å²) in [5.41, 5.74) is 2.27. The first-order valence-electron chi connectivity index (χ1n) is 11.7. The summed E-state index contributed by atoms with van der Waals surface area (Å²) in [6.45, 7) is 7.64. The van der Waals surface area contributed by atoms with Gasteiger partial charge in [-0.25, -0.2) is 9.97 Å². The number of thiophene rings is 1. The number of amides is 1. The molecule has 1 unspecified atom stereocenters. The van der Waals surface area contributed by atoms with Gasteiger partial charge in [-0.15, -0.1) is 11.3 Å². The number of methoxy groups -OCH3 is 1. The Morgan fingerprint density at radius 3 is 2.70 bits per heavy atom. The molecule has 0 saturated carbocycles. The number of carbonyl (C=O) groups is 1. The van der Waals surface area contributed by atoms with Gasteiger partial charge >= 0.3 is 0 Å². The molecule has 0 bridgehead atoms. The Kier molecular flexibility index (Phi) is 7.90. The van der Waals surface area contributed by atoms with E-state index in [4.69, 9.17) is 4.74 Å². The quantitative estimate of drug-likeness (QED) is 0.490. The summed E-state index contributed by atoms with van der Waals surface area (Å²) in [7, 11) is 1.70. The van der Waals surface area contributed by atoms with Gasteiger partial charge in [0.1, 0.15) is 17.0 Å². The number of hydrogen-bond donors (Lipinski definition) is 2. The first-order chi connectivity index (χ1) is 16.1. The Bertz CT molecular complexity index is 1060. The van der Waals surface area contributed by atoms with E-state index in [9.17, 15) is 4.79 Å². The molecule has 1 aromatic carbocycles. The van der Waals surface area contributed by atoms with Crippen molar-refractivity contribution in [3.8, 4) is 0 Å². The predicted molar refractivity (Wildman–Crippen MR) is 134 cm³/mol. The Balaban J connectivity index is 1.40. The van der Waals surface area contributed by atoms with Crippen LogP contribution in [0.1, 0.15) is 47.0 Å². The van der Waals surface area contributed by atoms with Crippen molar-refractivity contribution in [2.75, 3.05) is 32.1 Å². The fourth-order valence-electron chi connectivity index (χ4n) is 4.38. The van der Waals surface area contributed by atoms with Crippen molar-refractivity contribution in [1.82, 2.24) is 20.2 Å². The van der Waals surface area contributed by atoms with E-state index in [0.29, 0.717) is 6.61 Å². The standard InChI is InChI=1S/C25H33N5O2S/c1-4-19(15-32-3)28-23-21-17(2)22(33-25(21)27-16-26-23)24(31)29-20-10-12-30(13-11-20)14-18-8-6-5-7-9-18/h5-9,16,19-20H,4,10-15H2,1-3H3,(H,29,31)(H,26,27,28). The fourth-order valence-corrected chi connectivity index (χ4v) is 5.43. The highest BCUT2D eigenvalue weighted by Gasteiger charge is 2.25. The summed E-state index contributed by atoms with van der Waals surface area (Å²) in [6, 6.07) is 10.9. The van der Waals surface area contributed by atoms with Gasteiger partial charge in [-0.2, -0.15) is 0 Å². The van der Waals surface area contributed by atoms with Crippen molar-refractivity contribution >= 4 is 33.3 Å². The van der Waals surface area contributed by atoms with Crippen molar-refractivity contribution in [1.29, 1.82) is 0 Å². The number of carbonyl (C=O) groups excluding carboxylic acids is 1. The van der Waals surface area contributed by atoms with E-state index in [1.54, 1.807) is 13.4 Å². The van der Waals surface area contributed by atoms with Crippen LogP contribution in [0.5, 0.6) is 0 Å². The van der Waals surface area contributed by atoms with Crippen molar-refractivity contribution in [2.45, 2.75) is 51.7 Å². The third-order valence-electron chi connectivity index (χ3n) is 6.31. The molecule has 1 atom stereocenters. The Hall–Kier alpha value is -2.55. The number of nitrogens with zero attached hydrogens (tertiary/aromatic N) is 3. The van der Waals surface area contributed by atoms with Crippen molar-refractivity contribution in [3.05, 3.63) is 52.7 Å². The van der Waals surface area contributed by atoms with E-state index in [0.717, 1.165) is 65.4 Å². The second kappa shape index (κ2) is 11.0. The van der Waals surface area contributed by atoms with E-state index in [2.05, 4.69) is 56.7 Å². The van der Waals surface area contributed by atoms with Gasteiger partial charge in [0, 0.05) is 32.8 Å². The molecule has 3 aromatic rings. The van der Waals surface area contributed by atoms with Crippen LogP contribution >= 0.6 is 11.3 Å². The normalized spacial score (nSPS) is 16.1. The maximum atomic E-state index is 13.2. The molecule has 4 rings (SSSR count). The van der Waals surface area contributed by atoms with Crippen LogP contribution in [0.15, 0.2) is 36.7 Å². The third-order valence-corrected chi connectivity index (χ3v) is 7.50. The van der Waals surface area contributed by atoms with Crippen LogP contribution in [0, 0.1) is 6.92 Å². The lowest BCUT2D eigenvalue weighted by molar-refractivity contribution is 0.0912. The molecule has 3 heterocycles. The highest BCUT2D eigenvalue weighted by atomic mass is 32.1. The van der Waals surface area contributed by atoms with E-state index < -0.39 is 0 Å². The van der Waals surface area contributed by atoms with Crippen molar-refractivity contribution in [3.63, 3.8) is 0 Å². The summed E-state index contributed by atoms with van der Waals surface area (Å²) in [4.78, 5) is 26.1. The highest BCUT2D eigenvalue weighted by molar-refractivity contribution is 7.20. The molecular formula is C25H33N5O2S. The molecule has 33 heavy (non-hydrogen) atoms. The third kappa shape index (κ3) is 5.69. The zero-order chi connectivity index (χ0) is 23.2. The van der Waals surface area contributed by atoms with Gasteiger partial charge < -0.3 is 15.4 Å². The molecule has 1 aliphatic heterocycles. The molecule has 2 N–H and O–H groups in total. The van der Waals surface area contributed by atoms with Crippen molar-refractivity contribution in [2.24, 2.45) is 0 Å². The largest absolute Gasteiger partial charge is 0.383 e. The minimum absolute atomic E-state index is 0.00751. The Morgan fingerprint density at radius 1 is 1.24 bits per heavy atom. The predicted octanol–water partition coefficient (Wildman–Crippen LogP) is 4.23. The molecule has 0 spiro atoms. The average molecular weight is 468 g/mol. The summed E-state index contributed by atoms with van der Waals surface area (Å²) >= 11 is 1.44. The first kappa shape index (κ1) is 23.6. The van der Waals surface area contributed by atoms with Crippen LogP contribution in [0.4, 0.5) is 5.82 Å². The SMILES string of the molecule is CCC(COC)Nc1ncnc2sc(C(=O)NC3CCN(Cc4ccccc4)CC3)c(C)c12. The number of benzene rings is 1. The number of aromatic nitrogens is 2. The molecule has 0 radical (unpaired) electrons. The number of ether oxygens (including phenoxy) is 1. The fraction of sp³-hybridized carbons (Fsp3) is 0.480. The summed E-state index contributed by atoms with van der Waals surface area (Å²) < 4.78 is 5.31. The Morgan fingerprint density at radius 2 is 2.00 bits per heavy atom. The minimum atomic E-state index is -0.00751. The van der Waals surface area contributed by atoms with E-state index >= 15 is 0 Å². The lowest BCUT2D eigenvalue weighted by Gasteiger charge is -2.32. The smallest absolute Gasteiger partial charge is 0.261 e. The second-order valence-electron chi connectivity index (χ2n) is 8.67. The van der Waals surface area contributed by atoms with Crippen LogP contribution in [-0.4, -0.2) is 59.7 Å². The lowest BCUT2D eigenvalue weighted by Crippen LogP contribution is -2.44. The summed E-state index contributed by atoms with van der Waals surface area (Å²) in [5, 5.41) is 7.66. The lowest BCUT2D eigenvalue weighted by atomic mass is 10.0. The van der Waals surface area contributed by atoms with Crippen LogP contribution < -0.4 is 10.6 Å². The second-order valence-corrected chi connectivity index (χ2v) is 9.67. The molecule has 1 amide bonds. The molecule has 1 aliphatic rings. The highest BCUT2D eigenvalue weighted by Crippen LogP contribution is 2.33. The van der Waals surface area contributed by atoms with Gasteiger partial charge in [0.05, 0.1) is 22.9 Å². The van der Waals surface area contributed by atoms with Crippen LogP contribution in [0.25, 0.3) is 10.2 Å². The van der Waals surface area contributed by atoms with Gasteiger partial charge in [0.25, 0.3) is 5.91 Å². The topological polar surface area (TPSA) is 79.4 Å².